The molecule has 0 aliphatic carbocycles. The highest BCUT2D eigenvalue weighted by Gasteiger charge is 2.18. The summed E-state index contributed by atoms with van der Waals surface area (Å²) in [6, 6.07) is 10.8. The first kappa shape index (κ1) is 19.8. The van der Waals surface area contributed by atoms with Crippen LogP contribution in [0, 0.1) is 0 Å². The second kappa shape index (κ2) is 10.5. The third-order valence-corrected chi connectivity index (χ3v) is 4.46. The van der Waals surface area contributed by atoms with E-state index in [1.165, 1.54) is 11.3 Å². The molecule has 0 unspecified atom stereocenters. The van der Waals surface area contributed by atoms with Gasteiger partial charge in [0.05, 0.1) is 31.6 Å². The molecule has 0 N–H and O–H groups in total. The molecule has 0 saturated heterocycles. The Morgan fingerprint density at radius 3 is 2.42 bits per heavy atom. The van der Waals surface area contributed by atoms with Gasteiger partial charge >= 0.3 is 5.97 Å². The van der Waals surface area contributed by atoms with Crippen LogP contribution in [-0.4, -0.2) is 50.2 Å². The molecule has 1 aromatic carbocycles. The number of rotatable bonds is 10. The summed E-state index contributed by atoms with van der Waals surface area (Å²) in [5.41, 5.74) is 0. The Kier molecular flexibility index (Phi) is 7.95. The highest BCUT2D eigenvalue weighted by Crippen LogP contribution is 2.17. The zero-order chi connectivity index (χ0) is 18.8. The number of esters is 1. The molecular weight excluding hydrogens is 354 g/mol. The summed E-state index contributed by atoms with van der Waals surface area (Å²) in [5.74, 6) is 1.02. The smallest absolute Gasteiger partial charge is 0.307 e. The van der Waals surface area contributed by atoms with Crippen LogP contribution in [0.2, 0.25) is 0 Å². The van der Waals surface area contributed by atoms with Gasteiger partial charge in [0.15, 0.2) is 0 Å². The molecule has 6 nitrogen and oxygen atoms in total. The molecule has 1 heterocycles. The maximum atomic E-state index is 12.6. The lowest BCUT2D eigenvalue weighted by Gasteiger charge is -2.22. The number of amides is 1. The lowest BCUT2D eigenvalue weighted by molar-refractivity contribution is -0.143. The molecular formula is C19H23NO5S. The summed E-state index contributed by atoms with van der Waals surface area (Å²) in [7, 11) is 1.60. The van der Waals surface area contributed by atoms with E-state index in [1.54, 1.807) is 25.0 Å². The van der Waals surface area contributed by atoms with Crippen molar-refractivity contribution < 1.29 is 23.8 Å². The Bertz CT molecular complexity index is 684. The number of carbonyl (C=O) groups excluding carboxylic acids is 2. The molecule has 0 aliphatic heterocycles. The number of benzene rings is 1. The summed E-state index contributed by atoms with van der Waals surface area (Å²) in [4.78, 5) is 26.5. The SMILES string of the molecule is CCOC(=O)CCN(CCOc1ccc(OC)cc1)C(=O)c1cccs1. The first-order valence-electron chi connectivity index (χ1n) is 8.39. The minimum absolute atomic E-state index is 0.109. The third-order valence-electron chi connectivity index (χ3n) is 3.60. The van der Waals surface area contributed by atoms with E-state index in [-0.39, 0.29) is 18.3 Å². The number of hydrogen-bond acceptors (Lipinski definition) is 6. The molecule has 0 fully saturated rings. The molecule has 2 aromatic rings. The van der Waals surface area contributed by atoms with E-state index in [9.17, 15) is 9.59 Å². The van der Waals surface area contributed by atoms with Crippen LogP contribution in [0.5, 0.6) is 11.5 Å². The molecule has 140 valence electrons. The van der Waals surface area contributed by atoms with Gasteiger partial charge in [-0.25, -0.2) is 0 Å². The monoisotopic (exact) mass is 377 g/mol. The first-order valence-corrected chi connectivity index (χ1v) is 9.27. The quantitative estimate of drug-likeness (QED) is 0.595. The van der Waals surface area contributed by atoms with Crippen LogP contribution in [0.4, 0.5) is 0 Å². The normalized spacial score (nSPS) is 10.2. The average Bonchev–Trinajstić information content (AvgIpc) is 3.19. The van der Waals surface area contributed by atoms with E-state index in [0.29, 0.717) is 36.9 Å². The van der Waals surface area contributed by atoms with E-state index in [4.69, 9.17) is 14.2 Å². The van der Waals surface area contributed by atoms with Gasteiger partial charge in [-0.2, -0.15) is 0 Å². The van der Waals surface area contributed by atoms with E-state index < -0.39 is 0 Å². The van der Waals surface area contributed by atoms with Crippen molar-refractivity contribution in [3.05, 3.63) is 46.7 Å². The summed E-state index contributed by atoms with van der Waals surface area (Å²) in [5, 5.41) is 1.85. The van der Waals surface area contributed by atoms with Gasteiger partial charge in [-0.05, 0) is 42.6 Å². The number of ether oxygens (including phenoxy) is 3. The van der Waals surface area contributed by atoms with Gasteiger partial charge < -0.3 is 19.1 Å². The number of methoxy groups -OCH3 is 1. The Labute approximate surface area is 157 Å². The fraction of sp³-hybridized carbons (Fsp3) is 0.368. The Balaban J connectivity index is 1.91. The molecule has 0 aliphatic rings. The topological polar surface area (TPSA) is 65.1 Å². The molecule has 26 heavy (non-hydrogen) atoms. The van der Waals surface area contributed by atoms with Crippen LogP contribution in [0.15, 0.2) is 41.8 Å². The molecule has 0 saturated carbocycles. The average molecular weight is 377 g/mol. The Morgan fingerprint density at radius 2 is 1.81 bits per heavy atom. The minimum Gasteiger partial charge on any atom is -0.497 e. The molecule has 7 heteroatoms. The second-order valence-corrected chi connectivity index (χ2v) is 6.30. The van der Waals surface area contributed by atoms with Crippen LogP contribution in [0.3, 0.4) is 0 Å². The van der Waals surface area contributed by atoms with Gasteiger partial charge in [-0.1, -0.05) is 6.07 Å². The molecule has 0 bridgehead atoms. The summed E-state index contributed by atoms with van der Waals surface area (Å²) >= 11 is 1.38. The molecule has 2 rings (SSSR count). The number of thiophene rings is 1. The number of nitrogens with zero attached hydrogens (tertiary/aromatic N) is 1. The summed E-state index contributed by atoms with van der Waals surface area (Å²) < 4.78 is 15.7. The Hall–Kier alpha value is -2.54. The number of carbonyl (C=O) groups is 2. The highest BCUT2D eigenvalue weighted by molar-refractivity contribution is 7.12. The highest BCUT2D eigenvalue weighted by atomic mass is 32.1. The molecule has 1 amide bonds. The van der Waals surface area contributed by atoms with Crippen LogP contribution in [-0.2, 0) is 9.53 Å². The van der Waals surface area contributed by atoms with E-state index >= 15 is 0 Å². The van der Waals surface area contributed by atoms with Gasteiger partial charge in [0.2, 0.25) is 0 Å². The maximum Gasteiger partial charge on any atom is 0.307 e. The van der Waals surface area contributed by atoms with Crippen molar-refractivity contribution in [3.63, 3.8) is 0 Å². The molecule has 0 atom stereocenters. The minimum atomic E-state index is -0.312. The van der Waals surface area contributed by atoms with Gasteiger partial charge in [-0.15, -0.1) is 11.3 Å². The van der Waals surface area contributed by atoms with Crippen LogP contribution >= 0.6 is 11.3 Å². The largest absolute Gasteiger partial charge is 0.497 e. The third kappa shape index (κ3) is 6.07. The van der Waals surface area contributed by atoms with Gasteiger partial charge in [0.25, 0.3) is 5.91 Å². The van der Waals surface area contributed by atoms with Gasteiger partial charge in [-0.3, -0.25) is 9.59 Å². The first-order chi connectivity index (χ1) is 12.6. The van der Waals surface area contributed by atoms with Gasteiger partial charge in [0, 0.05) is 6.54 Å². The van der Waals surface area contributed by atoms with Crippen molar-refractivity contribution in [3.8, 4) is 11.5 Å². The Morgan fingerprint density at radius 1 is 1.08 bits per heavy atom. The molecule has 0 spiro atoms. The van der Waals surface area contributed by atoms with Crippen LogP contribution in [0.25, 0.3) is 0 Å². The van der Waals surface area contributed by atoms with Crippen molar-refractivity contribution >= 4 is 23.2 Å². The predicted molar refractivity (Wildman–Crippen MR) is 100.0 cm³/mol. The summed E-state index contributed by atoms with van der Waals surface area (Å²) in [6.07, 6.45) is 0.160. The van der Waals surface area contributed by atoms with Crippen molar-refractivity contribution in [2.45, 2.75) is 13.3 Å². The van der Waals surface area contributed by atoms with Crippen molar-refractivity contribution in [2.75, 3.05) is 33.4 Å². The van der Waals surface area contributed by atoms with Crippen molar-refractivity contribution in [2.24, 2.45) is 0 Å². The zero-order valence-electron chi connectivity index (χ0n) is 15.0. The maximum absolute atomic E-state index is 12.6. The fourth-order valence-corrected chi connectivity index (χ4v) is 2.97. The van der Waals surface area contributed by atoms with Gasteiger partial charge in [0.1, 0.15) is 18.1 Å². The van der Waals surface area contributed by atoms with Crippen molar-refractivity contribution in [1.29, 1.82) is 0 Å². The standard InChI is InChI=1S/C19H23NO5S/c1-3-24-18(21)10-11-20(19(22)17-5-4-14-26-17)12-13-25-16-8-6-15(23-2)7-9-16/h4-9,14H,3,10-13H2,1-2H3. The van der Waals surface area contributed by atoms with E-state index in [1.807, 2.05) is 35.7 Å². The van der Waals surface area contributed by atoms with E-state index in [2.05, 4.69) is 0 Å². The molecule has 1 aromatic heterocycles. The lowest BCUT2D eigenvalue weighted by Crippen LogP contribution is -2.36. The molecule has 0 radical (unpaired) electrons. The number of hydrogen-bond donors (Lipinski definition) is 0. The predicted octanol–water partition coefficient (Wildman–Crippen LogP) is 3.23. The fourth-order valence-electron chi connectivity index (χ4n) is 2.28. The van der Waals surface area contributed by atoms with Crippen molar-refractivity contribution in [1.82, 2.24) is 4.90 Å². The zero-order valence-corrected chi connectivity index (χ0v) is 15.8. The lowest BCUT2D eigenvalue weighted by atomic mass is 10.3. The summed E-state index contributed by atoms with van der Waals surface area (Å²) in [6.45, 7) is 3.09. The van der Waals surface area contributed by atoms with Crippen LogP contribution in [0.1, 0.15) is 23.0 Å². The second-order valence-electron chi connectivity index (χ2n) is 5.35. The van der Waals surface area contributed by atoms with E-state index in [0.717, 1.165) is 5.75 Å². The van der Waals surface area contributed by atoms with Crippen LogP contribution < -0.4 is 9.47 Å².